The van der Waals surface area contributed by atoms with Crippen LogP contribution in [0.5, 0.6) is 0 Å². The van der Waals surface area contributed by atoms with Crippen LogP contribution in [-0.4, -0.2) is 22.8 Å². The highest BCUT2D eigenvalue weighted by Gasteiger charge is 1.95. The van der Waals surface area contributed by atoms with E-state index in [4.69, 9.17) is 10.2 Å². The molecule has 58 valence electrons. The van der Waals surface area contributed by atoms with E-state index in [2.05, 4.69) is 0 Å². The van der Waals surface area contributed by atoms with Crippen molar-refractivity contribution >= 4 is 5.97 Å². The molecule has 0 heterocycles. The third-order valence-corrected chi connectivity index (χ3v) is 1.17. The van der Waals surface area contributed by atoms with Crippen LogP contribution in [0.15, 0.2) is 11.6 Å². The Morgan fingerprint density at radius 1 is 1.50 bits per heavy atom. The summed E-state index contributed by atoms with van der Waals surface area (Å²) < 4.78 is 0. The molecule has 0 amide bonds. The van der Waals surface area contributed by atoms with Gasteiger partial charge < -0.3 is 10.2 Å². The monoisotopic (exact) mass is 144 g/mol. The zero-order valence-electron chi connectivity index (χ0n) is 6.00. The second kappa shape index (κ2) is 4.99. The second-order valence-corrected chi connectivity index (χ2v) is 2.13. The van der Waals surface area contributed by atoms with Gasteiger partial charge in [0.15, 0.2) is 0 Å². The summed E-state index contributed by atoms with van der Waals surface area (Å²) in [6.07, 6.45) is 2.28. The van der Waals surface area contributed by atoms with Gasteiger partial charge in [-0.15, -0.1) is 0 Å². The molecule has 0 fully saturated rings. The second-order valence-electron chi connectivity index (χ2n) is 2.13. The Morgan fingerprint density at radius 3 is 2.50 bits per heavy atom. The third-order valence-electron chi connectivity index (χ3n) is 1.17. The average molecular weight is 144 g/mol. The molecule has 0 atom stereocenters. The Kier molecular flexibility index (Phi) is 4.58. The largest absolute Gasteiger partial charge is 0.481 e. The van der Waals surface area contributed by atoms with Crippen LogP contribution in [-0.2, 0) is 4.79 Å². The molecule has 0 aliphatic rings. The molecule has 0 unspecified atom stereocenters. The zero-order chi connectivity index (χ0) is 7.98. The van der Waals surface area contributed by atoms with Crippen LogP contribution >= 0.6 is 0 Å². The number of allylic oxidation sites excluding steroid dienone is 1. The van der Waals surface area contributed by atoms with Crippen LogP contribution in [0.4, 0.5) is 0 Å². The maximum absolute atomic E-state index is 10.0. The Morgan fingerprint density at radius 2 is 2.10 bits per heavy atom. The van der Waals surface area contributed by atoms with Crippen LogP contribution in [0.25, 0.3) is 0 Å². The van der Waals surface area contributed by atoms with E-state index in [0.717, 1.165) is 5.57 Å². The predicted molar refractivity (Wildman–Crippen MR) is 37.7 cm³/mol. The van der Waals surface area contributed by atoms with Crippen molar-refractivity contribution in [2.45, 2.75) is 19.8 Å². The minimum Gasteiger partial charge on any atom is -0.481 e. The summed E-state index contributed by atoms with van der Waals surface area (Å²) in [7, 11) is 0. The fraction of sp³-hybridized carbons (Fsp3) is 0.571. The lowest BCUT2D eigenvalue weighted by Crippen LogP contribution is -1.94. The molecule has 0 bridgehead atoms. The van der Waals surface area contributed by atoms with Gasteiger partial charge in [-0.05, 0) is 13.3 Å². The average Bonchev–Trinajstić information content (AvgIpc) is 1.85. The molecule has 0 aromatic rings. The number of hydrogen-bond donors (Lipinski definition) is 2. The molecule has 3 heteroatoms. The molecule has 0 rings (SSSR count). The van der Waals surface area contributed by atoms with E-state index in [1.165, 1.54) is 0 Å². The van der Waals surface area contributed by atoms with Gasteiger partial charge in [0.25, 0.3) is 0 Å². The number of aliphatic carboxylic acids is 1. The van der Waals surface area contributed by atoms with Crippen LogP contribution < -0.4 is 0 Å². The summed E-state index contributed by atoms with van der Waals surface area (Å²) in [6.45, 7) is 1.80. The first-order chi connectivity index (χ1) is 4.66. The topological polar surface area (TPSA) is 57.5 Å². The Labute approximate surface area is 60.0 Å². The molecular weight excluding hydrogens is 132 g/mol. The molecule has 0 radical (unpaired) electrons. The standard InChI is InChI=1S/C7H12O3/c1-6(4-5-8)2-3-7(9)10/h4,8H,2-3,5H2,1H3,(H,9,10). The van der Waals surface area contributed by atoms with E-state index in [9.17, 15) is 4.79 Å². The molecular formula is C7H12O3. The van der Waals surface area contributed by atoms with E-state index >= 15 is 0 Å². The third kappa shape index (κ3) is 5.31. The highest BCUT2D eigenvalue weighted by molar-refractivity contribution is 5.66. The minimum atomic E-state index is -0.800. The van der Waals surface area contributed by atoms with Gasteiger partial charge >= 0.3 is 5.97 Å². The minimum absolute atomic E-state index is 0.00848. The zero-order valence-corrected chi connectivity index (χ0v) is 6.00. The summed E-state index contributed by atoms with van der Waals surface area (Å²) in [4.78, 5) is 10.0. The van der Waals surface area contributed by atoms with Crippen LogP contribution in [0.1, 0.15) is 19.8 Å². The number of rotatable bonds is 4. The molecule has 0 aromatic carbocycles. The summed E-state index contributed by atoms with van der Waals surface area (Å²) >= 11 is 0. The maximum Gasteiger partial charge on any atom is 0.303 e. The molecule has 0 spiro atoms. The van der Waals surface area contributed by atoms with E-state index in [-0.39, 0.29) is 13.0 Å². The van der Waals surface area contributed by atoms with Crippen molar-refractivity contribution < 1.29 is 15.0 Å². The molecule has 0 aliphatic carbocycles. The lowest BCUT2D eigenvalue weighted by atomic mass is 10.1. The number of carboxylic acids is 1. The number of aliphatic hydroxyl groups excluding tert-OH is 1. The van der Waals surface area contributed by atoms with E-state index in [1.807, 2.05) is 0 Å². The number of carboxylic acid groups (broad SMARTS) is 1. The maximum atomic E-state index is 10.0. The predicted octanol–water partition coefficient (Wildman–Crippen LogP) is 0.790. The van der Waals surface area contributed by atoms with Gasteiger partial charge in [0.05, 0.1) is 6.61 Å². The first-order valence-corrected chi connectivity index (χ1v) is 3.15. The number of hydrogen-bond acceptors (Lipinski definition) is 2. The first-order valence-electron chi connectivity index (χ1n) is 3.15. The fourth-order valence-electron chi connectivity index (χ4n) is 0.562. The van der Waals surface area contributed by atoms with Crippen LogP contribution in [0, 0.1) is 0 Å². The van der Waals surface area contributed by atoms with Crippen molar-refractivity contribution in [1.82, 2.24) is 0 Å². The van der Waals surface area contributed by atoms with Crippen molar-refractivity contribution in [2.24, 2.45) is 0 Å². The lowest BCUT2D eigenvalue weighted by molar-refractivity contribution is -0.136. The van der Waals surface area contributed by atoms with E-state index < -0.39 is 5.97 Å². The Balaban J connectivity index is 3.48. The van der Waals surface area contributed by atoms with E-state index in [1.54, 1.807) is 13.0 Å². The quantitative estimate of drug-likeness (QED) is 0.573. The summed E-state index contributed by atoms with van der Waals surface area (Å²) in [5, 5.41) is 16.6. The van der Waals surface area contributed by atoms with Crippen molar-refractivity contribution in [3.05, 3.63) is 11.6 Å². The Hall–Kier alpha value is -0.830. The van der Waals surface area contributed by atoms with Crippen LogP contribution in [0.3, 0.4) is 0 Å². The smallest absolute Gasteiger partial charge is 0.303 e. The number of aliphatic hydroxyl groups is 1. The Bertz CT molecular complexity index is 138. The van der Waals surface area contributed by atoms with Gasteiger partial charge in [-0.3, -0.25) is 4.79 Å². The van der Waals surface area contributed by atoms with Gasteiger partial charge in [0, 0.05) is 6.42 Å². The molecule has 0 aliphatic heterocycles. The van der Waals surface area contributed by atoms with Gasteiger partial charge in [0.1, 0.15) is 0 Å². The highest BCUT2D eigenvalue weighted by atomic mass is 16.4. The summed E-state index contributed by atoms with van der Waals surface area (Å²) in [5.41, 5.74) is 0.921. The molecule has 3 nitrogen and oxygen atoms in total. The lowest BCUT2D eigenvalue weighted by Gasteiger charge is -1.94. The summed E-state index contributed by atoms with van der Waals surface area (Å²) in [5.74, 6) is -0.800. The van der Waals surface area contributed by atoms with Crippen molar-refractivity contribution in [3.8, 4) is 0 Å². The van der Waals surface area contributed by atoms with Crippen LogP contribution in [0.2, 0.25) is 0 Å². The van der Waals surface area contributed by atoms with Gasteiger partial charge in [0.2, 0.25) is 0 Å². The molecule has 0 aromatic heterocycles. The molecule has 10 heavy (non-hydrogen) atoms. The first kappa shape index (κ1) is 9.17. The van der Waals surface area contributed by atoms with Crippen molar-refractivity contribution in [2.75, 3.05) is 6.61 Å². The highest BCUT2D eigenvalue weighted by Crippen LogP contribution is 2.02. The number of carbonyl (C=O) groups is 1. The van der Waals surface area contributed by atoms with Crippen molar-refractivity contribution in [3.63, 3.8) is 0 Å². The summed E-state index contributed by atoms with van der Waals surface area (Å²) in [6, 6.07) is 0. The van der Waals surface area contributed by atoms with Gasteiger partial charge in [-0.25, -0.2) is 0 Å². The van der Waals surface area contributed by atoms with Gasteiger partial charge in [-0.2, -0.15) is 0 Å². The molecule has 2 N–H and O–H groups in total. The van der Waals surface area contributed by atoms with Gasteiger partial charge in [-0.1, -0.05) is 11.6 Å². The van der Waals surface area contributed by atoms with Crippen molar-refractivity contribution in [1.29, 1.82) is 0 Å². The van der Waals surface area contributed by atoms with E-state index in [0.29, 0.717) is 6.42 Å². The SMILES string of the molecule is CC(=CCO)CCC(=O)O. The fourth-order valence-corrected chi connectivity index (χ4v) is 0.562. The molecule has 0 saturated heterocycles. The normalized spacial score (nSPS) is 11.6. The molecule has 0 saturated carbocycles.